The van der Waals surface area contributed by atoms with Crippen LogP contribution in [0.5, 0.6) is 0 Å². The summed E-state index contributed by atoms with van der Waals surface area (Å²) in [5.74, 6) is -0.450. The number of halogens is 4. The average molecular weight is 329 g/mol. The fraction of sp³-hybridized carbons (Fsp3) is 0.111. The molecule has 0 spiro atoms. The number of carbonyl (C=O) groups is 1. The lowest BCUT2D eigenvalue weighted by Crippen LogP contribution is -2.06. The molecule has 0 aromatic heterocycles. The molecule has 0 aliphatic carbocycles. The van der Waals surface area contributed by atoms with Crippen LogP contribution in [0.25, 0.3) is 0 Å². The van der Waals surface area contributed by atoms with Crippen molar-refractivity contribution >= 4 is 62.9 Å². The monoisotopic (exact) mass is 327 g/mol. The van der Waals surface area contributed by atoms with Crippen molar-refractivity contribution in [1.82, 2.24) is 0 Å². The molecule has 0 atom stereocenters. The quantitative estimate of drug-likeness (QED) is 0.565. The van der Waals surface area contributed by atoms with E-state index in [0.29, 0.717) is 5.56 Å². The van der Waals surface area contributed by atoms with E-state index in [4.69, 9.17) is 34.8 Å². The van der Waals surface area contributed by atoms with Gasteiger partial charge in [-0.1, -0.05) is 50.7 Å². The molecule has 0 aliphatic heterocycles. The fourth-order valence-corrected chi connectivity index (χ4v) is 1.21. The lowest BCUT2D eigenvalue weighted by molar-refractivity contribution is 0.100. The Labute approximate surface area is 110 Å². The van der Waals surface area contributed by atoms with Crippen LogP contribution in [0.2, 0.25) is 0 Å². The fourth-order valence-electron chi connectivity index (χ4n) is 0.799. The van der Waals surface area contributed by atoms with Crippen LogP contribution < -0.4 is 0 Å². The molecule has 0 saturated heterocycles. The van der Waals surface area contributed by atoms with Crippen LogP contribution >= 0.6 is 50.7 Å². The number of alkyl halides is 3. The zero-order valence-corrected chi connectivity index (χ0v) is 11.1. The molecule has 0 fully saturated rings. The molecule has 1 aromatic rings. The van der Waals surface area contributed by atoms with Crippen LogP contribution in [0.3, 0.4) is 0 Å². The van der Waals surface area contributed by atoms with E-state index in [9.17, 15) is 4.79 Å². The van der Waals surface area contributed by atoms with E-state index >= 15 is 0 Å². The minimum absolute atomic E-state index is 0.434. The maximum absolute atomic E-state index is 11.4. The summed E-state index contributed by atoms with van der Waals surface area (Å²) in [7, 11) is 0. The van der Waals surface area contributed by atoms with Crippen LogP contribution in [0.15, 0.2) is 33.7 Å². The van der Waals surface area contributed by atoms with Gasteiger partial charge in [0.15, 0.2) is 0 Å². The van der Waals surface area contributed by atoms with Crippen molar-refractivity contribution in [2.75, 3.05) is 0 Å². The zero-order valence-electron chi connectivity index (χ0n) is 7.25. The standard InChI is InChI=1S/C9H5BrCl3NO/c10-7-3-1-6(2-4-7)8(15)14-5-9(11,12)13/h1-5H. The molecule has 15 heavy (non-hydrogen) atoms. The van der Waals surface area contributed by atoms with Crippen molar-refractivity contribution in [3.63, 3.8) is 0 Å². The molecular weight excluding hydrogens is 324 g/mol. The molecule has 0 bridgehead atoms. The van der Waals surface area contributed by atoms with Crippen molar-refractivity contribution in [3.05, 3.63) is 34.3 Å². The number of hydrogen-bond acceptors (Lipinski definition) is 1. The van der Waals surface area contributed by atoms with E-state index in [1.807, 2.05) is 0 Å². The minimum Gasteiger partial charge on any atom is -0.267 e. The van der Waals surface area contributed by atoms with Gasteiger partial charge in [0.2, 0.25) is 3.79 Å². The molecule has 1 rings (SSSR count). The summed E-state index contributed by atoms with van der Waals surface area (Å²) in [6, 6.07) is 6.72. The van der Waals surface area contributed by atoms with Gasteiger partial charge in [-0.05, 0) is 24.3 Å². The predicted octanol–water partition coefficient (Wildman–Crippen LogP) is 4.03. The van der Waals surface area contributed by atoms with Gasteiger partial charge < -0.3 is 0 Å². The van der Waals surface area contributed by atoms with Crippen LogP contribution in [0.1, 0.15) is 10.4 Å². The van der Waals surface area contributed by atoms with E-state index in [1.165, 1.54) is 0 Å². The maximum atomic E-state index is 11.4. The number of rotatable bonds is 1. The molecule has 0 N–H and O–H groups in total. The molecule has 2 nitrogen and oxygen atoms in total. The highest BCUT2D eigenvalue weighted by Gasteiger charge is 2.16. The third-order valence-corrected chi connectivity index (χ3v) is 2.24. The van der Waals surface area contributed by atoms with E-state index in [0.717, 1.165) is 10.7 Å². The Balaban J connectivity index is 2.78. The molecule has 0 radical (unpaired) electrons. The molecule has 80 valence electrons. The van der Waals surface area contributed by atoms with Crippen molar-refractivity contribution in [3.8, 4) is 0 Å². The molecule has 0 saturated carbocycles. The smallest absolute Gasteiger partial charge is 0.267 e. The average Bonchev–Trinajstić information content (AvgIpc) is 2.14. The Morgan fingerprint density at radius 3 is 2.27 bits per heavy atom. The van der Waals surface area contributed by atoms with Crippen LogP contribution in [-0.2, 0) is 0 Å². The van der Waals surface area contributed by atoms with Gasteiger partial charge in [-0.3, -0.25) is 4.79 Å². The maximum Gasteiger partial charge on any atom is 0.276 e. The van der Waals surface area contributed by atoms with Crippen molar-refractivity contribution in [1.29, 1.82) is 0 Å². The van der Waals surface area contributed by atoms with Crippen LogP contribution in [0.4, 0.5) is 0 Å². The van der Waals surface area contributed by atoms with E-state index in [-0.39, 0.29) is 0 Å². The van der Waals surface area contributed by atoms with Crippen molar-refractivity contribution in [2.24, 2.45) is 4.99 Å². The highest BCUT2D eigenvalue weighted by Crippen LogP contribution is 2.23. The van der Waals surface area contributed by atoms with Gasteiger partial charge in [0.25, 0.3) is 5.91 Å². The second kappa shape index (κ2) is 5.30. The van der Waals surface area contributed by atoms with Crippen LogP contribution in [0, 0.1) is 0 Å². The SMILES string of the molecule is O=C(N=CC(Cl)(Cl)Cl)c1ccc(Br)cc1. The van der Waals surface area contributed by atoms with Crippen LogP contribution in [-0.4, -0.2) is 15.9 Å². The number of amides is 1. The van der Waals surface area contributed by atoms with Gasteiger partial charge in [0.05, 0.1) is 6.21 Å². The summed E-state index contributed by atoms with van der Waals surface area (Å²) in [4.78, 5) is 14.9. The van der Waals surface area contributed by atoms with Gasteiger partial charge in [0, 0.05) is 10.0 Å². The molecule has 1 amide bonds. The Morgan fingerprint density at radius 2 is 1.80 bits per heavy atom. The van der Waals surface area contributed by atoms with Crippen molar-refractivity contribution in [2.45, 2.75) is 3.79 Å². The molecular formula is C9H5BrCl3NO. The molecule has 6 heteroatoms. The second-order valence-corrected chi connectivity index (χ2v) is 5.90. The minimum atomic E-state index is -1.65. The van der Waals surface area contributed by atoms with E-state index < -0.39 is 9.70 Å². The largest absolute Gasteiger partial charge is 0.276 e. The van der Waals surface area contributed by atoms with Crippen molar-refractivity contribution < 1.29 is 4.79 Å². The first-order valence-electron chi connectivity index (χ1n) is 3.80. The Bertz CT molecular complexity index is 383. The van der Waals surface area contributed by atoms with Gasteiger partial charge in [-0.15, -0.1) is 0 Å². The van der Waals surface area contributed by atoms with Gasteiger partial charge in [-0.25, -0.2) is 4.99 Å². The first kappa shape index (κ1) is 13.0. The van der Waals surface area contributed by atoms with Gasteiger partial charge in [0.1, 0.15) is 0 Å². The lowest BCUT2D eigenvalue weighted by Gasteiger charge is -2.01. The summed E-state index contributed by atoms with van der Waals surface area (Å²) >= 11 is 19.5. The first-order valence-corrected chi connectivity index (χ1v) is 5.73. The normalized spacial score (nSPS) is 12.0. The summed E-state index contributed by atoms with van der Waals surface area (Å²) in [5, 5.41) is 0. The molecule has 0 aliphatic rings. The number of hydrogen-bond donors (Lipinski definition) is 0. The predicted molar refractivity (Wildman–Crippen MR) is 67.3 cm³/mol. The topological polar surface area (TPSA) is 29.4 Å². The Hall–Kier alpha value is -0.0900. The number of carbonyl (C=O) groups excluding carboxylic acids is 1. The molecule has 0 heterocycles. The summed E-state index contributed by atoms with van der Waals surface area (Å²) in [6.07, 6.45) is 0.974. The second-order valence-electron chi connectivity index (χ2n) is 2.61. The van der Waals surface area contributed by atoms with E-state index in [2.05, 4.69) is 20.9 Å². The molecule has 0 unspecified atom stereocenters. The number of benzene rings is 1. The Kier molecular flexibility index (Phi) is 4.59. The summed E-state index contributed by atoms with van der Waals surface area (Å²) < 4.78 is -0.769. The van der Waals surface area contributed by atoms with Gasteiger partial charge >= 0.3 is 0 Å². The Morgan fingerprint density at radius 1 is 1.27 bits per heavy atom. The third kappa shape index (κ3) is 4.98. The third-order valence-electron chi connectivity index (χ3n) is 1.42. The zero-order chi connectivity index (χ0) is 11.5. The molecule has 1 aromatic carbocycles. The summed E-state index contributed by atoms with van der Waals surface area (Å²) in [6.45, 7) is 0. The summed E-state index contributed by atoms with van der Waals surface area (Å²) in [5.41, 5.74) is 0.434. The number of aliphatic imine (C=N–C) groups is 1. The van der Waals surface area contributed by atoms with Gasteiger partial charge in [-0.2, -0.15) is 0 Å². The first-order chi connectivity index (χ1) is 6.88. The highest BCUT2D eigenvalue weighted by atomic mass is 79.9. The lowest BCUT2D eigenvalue weighted by atomic mass is 10.2. The van der Waals surface area contributed by atoms with E-state index in [1.54, 1.807) is 24.3 Å². The highest BCUT2D eigenvalue weighted by molar-refractivity contribution is 9.10. The number of nitrogens with zero attached hydrogens (tertiary/aromatic N) is 1.